The van der Waals surface area contributed by atoms with Crippen molar-refractivity contribution in [3.05, 3.63) is 46.9 Å². The molecule has 3 rings (SSSR count). The van der Waals surface area contributed by atoms with E-state index in [1.165, 1.54) is 15.6 Å². The fraction of sp³-hybridized carbons (Fsp3) is 0.286. The summed E-state index contributed by atoms with van der Waals surface area (Å²) in [6, 6.07) is 8.36. The second kappa shape index (κ2) is 6.15. The fourth-order valence-corrected chi connectivity index (χ4v) is 4.32. The van der Waals surface area contributed by atoms with Gasteiger partial charge in [-0.25, -0.2) is 13.4 Å². The normalized spacial score (nSPS) is 16.6. The Morgan fingerprint density at radius 2 is 1.77 bits per heavy atom. The SMILES string of the molecule is O=C(c1cscn1)N1CCN(S(=O)(=O)c2ccccc2)CC1. The Kier molecular flexibility index (Phi) is 4.23. The van der Waals surface area contributed by atoms with Crippen molar-refractivity contribution in [1.82, 2.24) is 14.2 Å². The molecule has 1 fully saturated rings. The van der Waals surface area contributed by atoms with Crippen LogP contribution < -0.4 is 0 Å². The predicted octanol–water partition coefficient (Wildman–Crippen LogP) is 1.29. The van der Waals surface area contributed by atoms with E-state index in [0.717, 1.165) is 0 Å². The summed E-state index contributed by atoms with van der Waals surface area (Å²) in [4.78, 5) is 18.1. The van der Waals surface area contributed by atoms with Crippen LogP contribution in [0.1, 0.15) is 10.5 Å². The minimum absolute atomic E-state index is 0.141. The van der Waals surface area contributed by atoms with E-state index in [-0.39, 0.29) is 10.8 Å². The molecule has 1 saturated heterocycles. The monoisotopic (exact) mass is 337 g/mol. The third-order valence-electron chi connectivity index (χ3n) is 3.56. The Hall–Kier alpha value is -1.77. The van der Waals surface area contributed by atoms with Gasteiger partial charge in [0.05, 0.1) is 10.4 Å². The van der Waals surface area contributed by atoms with Crippen LogP contribution in [0.15, 0.2) is 46.1 Å². The quantitative estimate of drug-likeness (QED) is 0.846. The molecule has 0 unspecified atom stereocenters. The van der Waals surface area contributed by atoms with E-state index >= 15 is 0 Å². The van der Waals surface area contributed by atoms with Gasteiger partial charge in [0.2, 0.25) is 10.0 Å². The van der Waals surface area contributed by atoms with Crippen molar-refractivity contribution in [1.29, 1.82) is 0 Å². The molecule has 8 heteroatoms. The van der Waals surface area contributed by atoms with E-state index in [0.29, 0.717) is 31.9 Å². The smallest absolute Gasteiger partial charge is 0.273 e. The third kappa shape index (κ3) is 2.90. The number of piperazine rings is 1. The molecule has 6 nitrogen and oxygen atoms in total. The zero-order valence-electron chi connectivity index (χ0n) is 11.8. The maximum atomic E-state index is 12.5. The van der Waals surface area contributed by atoms with Crippen molar-refractivity contribution in [3.63, 3.8) is 0 Å². The van der Waals surface area contributed by atoms with Gasteiger partial charge in [-0.2, -0.15) is 4.31 Å². The summed E-state index contributed by atoms with van der Waals surface area (Å²) in [5, 5.41) is 1.70. The summed E-state index contributed by atoms with van der Waals surface area (Å²) in [5.41, 5.74) is 2.04. The lowest BCUT2D eigenvalue weighted by molar-refractivity contribution is 0.0693. The van der Waals surface area contributed by atoms with Crippen LogP contribution in [0.4, 0.5) is 0 Å². The van der Waals surface area contributed by atoms with Crippen molar-refractivity contribution >= 4 is 27.3 Å². The lowest BCUT2D eigenvalue weighted by atomic mass is 10.3. The first kappa shape index (κ1) is 15.1. The van der Waals surface area contributed by atoms with Crippen LogP contribution in [-0.4, -0.2) is 54.7 Å². The highest BCUT2D eigenvalue weighted by Gasteiger charge is 2.30. The van der Waals surface area contributed by atoms with Gasteiger partial charge in [-0.15, -0.1) is 11.3 Å². The van der Waals surface area contributed by atoms with E-state index < -0.39 is 10.0 Å². The number of sulfonamides is 1. The molecule has 0 saturated carbocycles. The van der Waals surface area contributed by atoms with Gasteiger partial charge < -0.3 is 4.90 Å². The summed E-state index contributed by atoms with van der Waals surface area (Å²) in [6.07, 6.45) is 0. The molecule has 0 bridgehead atoms. The van der Waals surface area contributed by atoms with Crippen molar-refractivity contribution in [3.8, 4) is 0 Å². The van der Waals surface area contributed by atoms with Crippen molar-refractivity contribution < 1.29 is 13.2 Å². The summed E-state index contributed by atoms with van der Waals surface area (Å²) in [5.74, 6) is -0.141. The van der Waals surface area contributed by atoms with Gasteiger partial charge in [0, 0.05) is 31.6 Å². The molecule has 1 aliphatic heterocycles. The number of thiazole rings is 1. The maximum Gasteiger partial charge on any atom is 0.273 e. The van der Waals surface area contributed by atoms with Gasteiger partial charge in [0.25, 0.3) is 5.91 Å². The van der Waals surface area contributed by atoms with Crippen LogP contribution in [0, 0.1) is 0 Å². The molecule has 1 aromatic heterocycles. The van der Waals surface area contributed by atoms with E-state index in [1.807, 2.05) is 0 Å². The van der Waals surface area contributed by atoms with Crippen molar-refractivity contribution in [2.24, 2.45) is 0 Å². The van der Waals surface area contributed by atoms with E-state index in [9.17, 15) is 13.2 Å². The molecule has 1 amide bonds. The largest absolute Gasteiger partial charge is 0.335 e. The average molecular weight is 337 g/mol. The number of carbonyl (C=O) groups is 1. The topological polar surface area (TPSA) is 70.6 Å². The summed E-state index contributed by atoms with van der Waals surface area (Å²) < 4.78 is 26.4. The Balaban J connectivity index is 1.68. The summed E-state index contributed by atoms with van der Waals surface area (Å²) in [7, 11) is -3.48. The van der Waals surface area contributed by atoms with E-state index in [1.54, 1.807) is 46.1 Å². The summed E-state index contributed by atoms with van der Waals surface area (Å²) >= 11 is 1.37. The Bertz CT molecular complexity index is 737. The van der Waals surface area contributed by atoms with E-state index in [2.05, 4.69) is 4.98 Å². The first-order valence-electron chi connectivity index (χ1n) is 6.82. The molecule has 22 heavy (non-hydrogen) atoms. The number of hydrogen-bond donors (Lipinski definition) is 0. The van der Waals surface area contributed by atoms with Gasteiger partial charge in [0.15, 0.2) is 0 Å². The Labute approximate surface area is 133 Å². The minimum Gasteiger partial charge on any atom is -0.335 e. The highest BCUT2D eigenvalue weighted by Crippen LogP contribution is 2.18. The standard InChI is InChI=1S/C14H15N3O3S2/c18-14(13-10-21-11-15-13)16-6-8-17(9-7-16)22(19,20)12-4-2-1-3-5-12/h1-5,10-11H,6-9H2. The van der Waals surface area contributed by atoms with Gasteiger partial charge in [-0.1, -0.05) is 18.2 Å². The molecule has 1 aromatic carbocycles. The maximum absolute atomic E-state index is 12.5. The second-order valence-electron chi connectivity index (χ2n) is 4.88. The molecule has 0 atom stereocenters. The van der Waals surface area contributed by atoms with Gasteiger partial charge >= 0.3 is 0 Å². The Morgan fingerprint density at radius 3 is 2.36 bits per heavy atom. The zero-order chi connectivity index (χ0) is 15.6. The summed E-state index contributed by atoms with van der Waals surface area (Å²) in [6.45, 7) is 1.35. The molecular weight excluding hydrogens is 322 g/mol. The minimum atomic E-state index is -3.48. The van der Waals surface area contributed by atoms with Gasteiger partial charge in [-0.3, -0.25) is 4.79 Å². The third-order valence-corrected chi connectivity index (χ3v) is 6.06. The first-order chi connectivity index (χ1) is 10.6. The van der Waals surface area contributed by atoms with Gasteiger partial charge in [0.1, 0.15) is 5.69 Å². The molecule has 2 heterocycles. The molecule has 0 N–H and O–H groups in total. The molecule has 0 spiro atoms. The first-order valence-corrected chi connectivity index (χ1v) is 9.20. The number of amides is 1. The number of aromatic nitrogens is 1. The van der Waals surface area contributed by atoms with Gasteiger partial charge in [-0.05, 0) is 12.1 Å². The van der Waals surface area contributed by atoms with Crippen LogP contribution in [-0.2, 0) is 10.0 Å². The van der Waals surface area contributed by atoms with Crippen molar-refractivity contribution in [2.75, 3.05) is 26.2 Å². The molecule has 2 aromatic rings. The van der Waals surface area contributed by atoms with Crippen LogP contribution in [0.25, 0.3) is 0 Å². The second-order valence-corrected chi connectivity index (χ2v) is 7.54. The van der Waals surface area contributed by atoms with Crippen LogP contribution in [0.5, 0.6) is 0 Å². The van der Waals surface area contributed by atoms with Crippen LogP contribution in [0.2, 0.25) is 0 Å². The molecule has 116 valence electrons. The number of carbonyl (C=O) groups excluding carboxylic acids is 1. The highest BCUT2D eigenvalue weighted by atomic mass is 32.2. The zero-order valence-corrected chi connectivity index (χ0v) is 13.4. The molecule has 1 aliphatic rings. The fourth-order valence-electron chi connectivity index (χ4n) is 2.35. The molecule has 0 radical (unpaired) electrons. The average Bonchev–Trinajstić information content (AvgIpc) is 3.09. The van der Waals surface area contributed by atoms with Crippen molar-refractivity contribution in [2.45, 2.75) is 4.90 Å². The van der Waals surface area contributed by atoms with Crippen LogP contribution >= 0.6 is 11.3 Å². The number of rotatable bonds is 3. The number of benzene rings is 1. The lowest BCUT2D eigenvalue weighted by Gasteiger charge is -2.33. The number of hydrogen-bond acceptors (Lipinski definition) is 5. The molecule has 0 aliphatic carbocycles. The number of nitrogens with zero attached hydrogens (tertiary/aromatic N) is 3. The predicted molar refractivity (Wildman–Crippen MR) is 83.2 cm³/mol. The lowest BCUT2D eigenvalue weighted by Crippen LogP contribution is -2.50. The molecular formula is C14H15N3O3S2. The van der Waals surface area contributed by atoms with E-state index in [4.69, 9.17) is 0 Å². The Morgan fingerprint density at radius 1 is 1.09 bits per heavy atom. The highest BCUT2D eigenvalue weighted by molar-refractivity contribution is 7.89. The van der Waals surface area contributed by atoms with Crippen LogP contribution in [0.3, 0.4) is 0 Å².